The molecular formula is C59H117NO5. The Bertz CT molecular complexity index is 928. The average Bonchev–Trinajstić information content (AvgIpc) is 3.31. The van der Waals surface area contributed by atoms with E-state index in [9.17, 15) is 19.8 Å². The molecule has 6 heteroatoms. The molecule has 2 atom stereocenters. The smallest absolute Gasteiger partial charge is 0.305 e. The molecule has 0 aliphatic rings. The lowest BCUT2D eigenvalue weighted by atomic mass is 10.0. The van der Waals surface area contributed by atoms with Crippen LogP contribution in [0.5, 0.6) is 0 Å². The van der Waals surface area contributed by atoms with E-state index in [0.717, 1.165) is 57.8 Å². The Morgan fingerprint density at radius 2 is 0.631 bits per heavy atom. The van der Waals surface area contributed by atoms with E-state index in [0.29, 0.717) is 25.9 Å². The number of aliphatic hydroxyl groups excluding tert-OH is 2. The maximum atomic E-state index is 12.5. The fraction of sp³-hybridized carbons (Fsp3) is 0.966. The van der Waals surface area contributed by atoms with Gasteiger partial charge in [0.25, 0.3) is 0 Å². The molecule has 0 rings (SSSR count). The van der Waals surface area contributed by atoms with Gasteiger partial charge in [-0.1, -0.05) is 303 Å². The van der Waals surface area contributed by atoms with Crippen LogP contribution in [0.25, 0.3) is 0 Å². The zero-order valence-electron chi connectivity index (χ0n) is 44.3. The number of carbonyl (C=O) groups excluding carboxylic acids is 2. The Labute approximate surface area is 406 Å². The van der Waals surface area contributed by atoms with Gasteiger partial charge in [-0.2, -0.15) is 0 Å². The summed E-state index contributed by atoms with van der Waals surface area (Å²) in [5.74, 6) is -0.0763. The van der Waals surface area contributed by atoms with E-state index >= 15 is 0 Å². The predicted octanol–water partition coefficient (Wildman–Crippen LogP) is 18.3. The van der Waals surface area contributed by atoms with Gasteiger partial charge in [-0.05, 0) is 25.7 Å². The second-order valence-corrected chi connectivity index (χ2v) is 20.7. The molecule has 0 radical (unpaired) electrons. The van der Waals surface area contributed by atoms with Gasteiger partial charge >= 0.3 is 5.97 Å². The summed E-state index contributed by atoms with van der Waals surface area (Å²) < 4.78 is 5.48. The molecule has 0 aliphatic heterocycles. The van der Waals surface area contributed by atoms with Crippen LogP contribution in [0.3, 0.4) is 0 Å². The van der Waals surface area contributed by atoms with Gasteiger partial charge in [0.1, 0.15) is 0 Å². The lowest BCUT2D eigenvalue weighted by molar-refractivity contribution is -0.143. The summed E-state index contributed by atoms with van der Waals surface area (Å²) in [6, 6.07) is -0.561. The molecule has 0 heterocycles. The fourth-order valence-electron chi connectivity index (χ4n) is 9.58. The lowest BCUT2D eigenvalue weighted by Crippen LogP contribution is -2.45. The largest absolute Gasteiger partial charge is 0.466 e. The van der Waals surface area contributed by atoms with Crippen molar-refractivity contribution >= 4 is 11.9 Å². The van der Waals surface area contributed by atoms with Crippen LogP contribution in [0.4, 0.5) is 0 Å². The highest BCUT2D eigenvalue weighted by Gasteiger charge is 2.20. The molecule has 1 amide bonds. The number of esters is 1. The van der Waals surface area contributed by atoms with Gasteiger partial charge in [0, 0.05) is 12.8 Å². The van der Waals surface area contributed by atoms with E-state index in [1.165, 1.54) is 250 Å². The van der Waals surface area contributed by atoms with Gasteiger partial charge in [-0.25, -0.2) is 0 Å². The summed E-state index contributed by atoms with van der Waals surface area (Å²) in [6.45, 7) is 4.93. The molecule has 2 unspecified atom stereocenters. The minimum absolute atomic E-state index is 0.0189. The second kappa shape index (κ2) is 55.5. The first-order chi connectivity index (χ1) is 32.0. The van der Waals surface area contributed by atoms with Crippen LogP contribution in [-0.2, 0) is 14.3 Å². The topological polar surface area (TPSA) is 95.9 Å². The summed E-state index contributed by atoms with van der Waals surface area (Å²) in [6.07, 6.45) is 63.8. The number of amides is 1. The molecular weight excluding hydrogens is 803 g/mol. The summed E-state index contributed by atoms with van der Waals surface area (Å²) in [7, 11) is 0. The van der Waals surface area contributed by atoms with Crippen LogP contribution in [0, 0.1) is 0 Å². The van der Waals surface area contributed by atoms with Crippen molar-refractivity contribution in [3.05, 3.63) is 0 Å². The van der Waals surface area contributed by atoms with Crippen LogP contribution in [0.15, 0.2) is 0 Å². The molecule has 0 aromatic rings. The Morgan fingerprint density at radius 3 is 0.938 bits per heavy atom. The van der Waals surface area contributed by atoms with Crippen molar-refractivity contribution < 1.29 is 24.5 Å². The third-order valence-electron chi connectivity index (χ3n) is 14.2. The van der Waals surface area contributed by atoms with Crippen LogP contribution < -0.4 is 5.32 Å². The number of unbranched alkanes of at least 4 members (excludes halogenated alkanes) is 45. The molecule has 0 saturated heterocycles. The fourth-order valence-corrected chi connectivity index (χ4v) is 9.58. The first-order valence-electron chi connectivity index (χ1n) is 29.8. The van der Waals surface area contributed by atoms with E-state index in [1.807, 2.05) is 0 Å². The van der Waals surface area contributed by atoms with Gasteiger partial charge in [-0.3, -0.25) is 9.59 Å². The number of ether oxygens (including phenoxy) is 1. The van der Waals surface area contributed by atoms with E-state index in [-0.39, 0.29) is 18.5 Å². The Kier molecular flexibility index (Phi) is 54.5. The highest BCUT2D eigenvalue weighted by molar-refractivity contribution is 5.76. The highest BCUT2D eigenvalue weighted by atomic mass is 16.5. The van der Waals surface area contributed by atoms with Gasteiger partial charge in [0.05, 0.1) is 25.4 Å². The molecule has 0 aromatic heterocycles. The molecule has 3 N–H and O–H groups in total. The van der Waals surface area contributed by atoms with Crippen molar-refractivity contribution in [2.75, 3.05) is 13.2 Å². The van der Waals surface area contributed by atoms with Crippen LogP contribution in [-0.4, -0.2) is 47.4 Å². The van der Waals surface area contributed by atoms with E-state index in [2.05, 4.69) is 19.2 Å². The van der Waals surface area contributed by atoms with E-state index in [1.54, 1.807) is 0 Å². The first kappa shape index (κ1) is 63.9. The summed E-state index contributed by atoms with van der Waals surface area (Å²) in [4.78, 5) is 24.6. The first-order valence-corrected chi connectivity index (χ1v) is 29.8. The molecule has 0 spiro atoms. The third kappa shape index (κ3) is 52.1. The minimum Gasteiger partial charge on any atom is -0.466 e. The molecule has 0 fully saturated rings. The van der Waals surface area contributed by atoms with Crippen molar-refractivity contribution in [1.29, 1.82) is 0 Å². The van der Waals surface area contributed by atoms with Gasteiger partial charge in [-0.15, -0.1) is 0 Å². The number of hydrogen-bond donors (Lipinski definition) is 3. The number of nitrogens with one attached hydrogen (secondary N) is 1. The summed E-state index contributed by atoms with van der Waals surface area (Å²) >= 11 is 0. The number of carbonyl (C=O) groups is 2. The second-order valence-electron chi connectivity index (χ2n) is 20.7. The zero-order chi connectivity index (χ0) is 47.2. The van der Waals surface area contributed by atoms with Gasteiger partial charge in [0.2, 0.25) is 5.91 Å². The van der Waals surface area contributed by atoms with Gasteiger partial charge in [0.15, 0.2) is 0 Å². The molecule has 6 nitrogen and oxygen atoms in total. The molecule has 388 valence electrons. The van der Waals surface area contributed by atoms with Crippen molar-refractivity contribution in [2.24, 2.45) is 0 Å². The van der Waals surface area contributed by atoms with Crippen molar-refractivity contribution in [2.45, 2.75) is 353 Å². The maximum Gasteiger partial charge on any atom is 0.305 e. The predicted molar refractivity (Wildman–Crippen MR) is 283 cm³/mol. The summed E-state index contributed by atoms with van der Waals surface area (Å²) in [5.41, 5.74) is 0. The van der Waals surface area contributed by atoms with Crippen LogP contribution in [0.1, 0.15) is 341 Å². The number of aliphatic hydroxyl groups is 2. The molecule has 65 heavy (non-hydrogen) atoms. The number of hydrogen-bond acceptors (Lipinski definition) is 5. The maximum absolute atomic E-state index is 12.5. The van der Waals surface area contributed by atoms with Crippen LogP contribution >= 0.6 is 0 Å². The van der Waals surface area contributed by atoms with Crippen molar-refractivity contribution in [3.63, 3.8) is 0 Å². The molecule has 0 aliphatic carbocycles. The normalized spacial score (nSPS) is 12.5. The minimum atomic E-state index is -0.681. The number of rotatable bonds is 56. The van der Waals surface area contributed by atoms with E-state index in [4.69, 9.17) is 4.74 Å². The molecule has 0 aromatic carbocycles. The molecule has 0 saturated carbocycles. The Balaban J connectivity index is 3.44. The lowest BCUT2D eigenvalue weighted by Gasteiger charge is -2.22. The third-order valence-corrected chi connectivity index (χ3v) is 14.2. The monoisotopic (exact) mass is 920 g/mol. The SMILES string of the molecule is CCCCCCCCCCCCCCCCCCCCCCCC(O)C(CO)NC(=O)CCCCCCCCCCCOC(=O)CCCCCCCCCCCCCCCCCCCC. The quantitative estimate of drug-likeness (QED) is 0.0417. The highest BCUT2D eigenvalue weighted by Crippen LogP contribution is 2.18. The summed E-state index contributed by atoms with van der Waals surface area (Å²) in [5, 5.41) is 23.3. The van der Waals surface area contributed by atoms with E-state index < -0.39 is 12.1 Å². The molecule has 0 bridgehead atoms. The van der Waals surface area contributed by atoms with Crippen molar-refractivity contribution in [1.82, 2.24) is 5.32 Å². The van der Waals surface area contributed by atoms with Gasteiger partial charge < -0.3 is 20.3 Å². The zero-order valence-corrected chi connectivity index (χ0v) is 44.3. The Hall–Kier alpha value is -1.14. The van der Waals surface area contributed by atoms with Crippen molar-refractivity contribution in [3.8, 4) is 0 Å². The Morgan fingerprint density at radius 1 is 0.369 bits per heavy atom. The van der Waals surface area contributed by atoms with Crippen LogP contribution in [0.2, 0.25) is 0 Å². The standard InChI is InChI=1S/C59H117NO5/c1-3-5-7-9-11-13-15-17-19-21-23-24-25-26-28-30-32-35-39-43-47-51-57(62)56(55-61)60-58(63)52-48-44-40-36-34-38-42-46-50-54-65-59(64)53-49-45-41-37-33-31-29-27-22-20-18-16-14-12-10-8-6-4-2/h56-57,61-62H,3-55H2,1-2H3,(H,60,63). The average molecular weight is 921 g/mol.